The standard InChI is InChI=1S/C11H21N3O3/c1-3-5-12-6-4-10-13-14-11(17-10)9-16-8-7-15-2/h12H,3-9H2,1-2H3. The van der Waals surface area contributed by atoms with Crippen molar-refractivity contribution < 1.29 is 13.9 Å². The molecular formula is C11H21N3O3. The Bertz CT molecular complexity index is 265. The van der Waals surface area contributed by atoms with E-state index in [2.05, 4.69) is 22.4 Å². The minimum atomic E-state index is 0.346. The van der Waals surface area contributed by atoms with Crippen LogP contribution in [0.1, 0.15) is 25.1 Å². The van der Waals surface area contributed by atoms with E-state index in [1.165, 1.54) is 0 Å². The van der Waals surface area contributed by atoms with Gasteiger partial charge in [-0.25, -0.2) is 0 Å². The molecule has 98 valence electrons. The zero-order chi connectivity index (χ0) is 12.3. The first kappa shape index (κ1) is 14.1. The van der Waals surface area contributed by atoms with Gasteiger partial charge in [-0.3, -0.25) is 0 Å². The topological polar surface area (TPSA) is 69.4 Å². The van der Waals surface area contributed by atoms with E-state index in [1.54, 1.807) is 7.11 Å². The fourth-order valence-electron chi connectivity index (χ4n) is 1.25. The Hall–Kier alpha value is -0.980. The van der Waals surface area contributed by atoms with Gasteiger partial charge in [-0.2, -0.15) is 0 Å². The van der Waals surface area contributed by atoms with Crippen molar-refractivity contribution in [2.24, 2.45) is 0 Å². The summed E-state index contributed by atoms with van der Waals surface area (Å²) in [6, 6.07) is 0. The maximum Gasteiger partial charge on any atom is 0.242 e. The molecule has 0 saturated heterocycles. The number of hydrogen-bond acceptors (Lipinski definition) is 6. The van der Waals surface area contributed by atoms with Crippen LogP contribution < -0.4 is 5.32 Å². The molecule has 17 heavy (non-hydrogen) atoms. The summed E-state index contributed by atoms with van der Waals surface area (Å²) in [6.45, 7) is 5.46. The molecule has 0 aliphatic carbocycles. The Morgan fingerprint density at radius 2 is 2.00 bits per heavy atom. The van der Waals surface area contributed by atoms with Crippen molar-refractivity contribution >= 4 is 0 Å². The minimum absolute atomic E-state index is 0.346. The molecule has 0 atom stereocenters. The fraction of sp³-hybridized carbons (Fsp3) is 0.818. The fourth-order valence-corrected chi connectivity index (χ4v) is 1.25. The number of nitrogens with one attached hydrogen (secondary N) is 1. The van der Waals surface area contributed by atoms with Gasteiger partial charge in [0.25, 0.3) is 0 Å². The molecule has 0 aromatic carbocycles. The third kappa shape index (κ3) is 6.35. The Balaban J connectivity index is 2.14. The lowest BCUT2D eigenvalue weighted by molar-refractivity contribution is 0.0513. The first-order valence-corrected chi connectivity index (χ1v) is 5.95. The third-order valence-corrected chi connectivity index (χ3v) is 2.11. The largest absolute Gasteiger partial charge is 0.423 e. The van der Waals surface area contributed by atoms with Gasteiger partial charge in [0, 0.05) is 20.1 Å². The highest BCUT2D eigenvalue weighted by molar-refractivity contribution is 4.81. The number of rotatable bonds is 10. The molecule has 0 amide bonds. The van der Waals surface area contributed by atoms with Crippen molar-refractivity contribution in [2.75, 3.05) is 33.4 Å². The molecule has 6 heteroatoms. The number of nitrogens with zero attached hydrogens (tertiary/aromatic N) is 2. The lowest BCUT2D eigenvalue weighted by atomic mass is 10.4. The van der Waals surface area contributed by atoms with Crippen LogP contribution in [0.5, 0.6) is 0 Å². The molecule has 0 spiro atoms. The summed E-state index contributed by atoms with van der Waals surface area (Å²) in [5, 5.41) is 11.1. The third-order valence-electron chi connectivity index (χ3n) is 2.11. The van der Waals surface area contributed by atoms with Crippen LogP contribution >= 0.6 is 0 Å². The normalized spacial score (nSPS) is 10.9. The van der Waals surface area contributed by atoms with Crippen LogP contribution in [-0.2, 0) is 22.5 Å². The van der Waals surface area contributed by atoms with E-state index in [-0.39, 0.29) is 0 Å². The van der Waals surface area contributed by atoms with Gasteiger partial charge in [-0.1, -0.05) is 6.92 Å². The second-order valence-corrected chi connectivity index (χ2v) is 3.63. The van der Waals surface area contributed by atoms with Gasteiger partial charge in [0.05, 0.1) is 13.2 Å². The van der Waals surface area contributed by atoms with E-state index < -0.39 is 0 Å². The van der Waals surface area contributed by atoms with Gasteiger partial charge in [-0.15, -0.1) is 10.2 Å². The van der Waals surface area contributed by atoms with E-state index in [0.717, 1.165) is 25.9 Å². The van der Waals surface area contributed by atoms with Crippen LogP contribution in [0.4, 0.5) is 0 Å². The Labute approximate surface area is 102 Å². The van der Waals surface area contributed by atoms with E-state index in [9.17, 15) is 0 Å². The maximum absolute atomic E-state index is 5.42. The summed E-state index contributed by atoms with van der Waals surface area (Å²) in [5.74, 6) is 1.17. The van der Waals surface area contributed by atoms with Crippen LogP contribution in [0.3, 0.4) is 0 Å². The Kier molecular flexibility index (Phi) is 7.53. The van der Waals surface area contributed by atoms with Crippen LogP contribution in [-0.4, -0.2) is 43.6 Å². The predicted molar refractivity (Wildman–Crippen MR) is 62.7 cm³/mol. The quantitative estimate of drug-likeness (QED) is 0.612. The van der Waals surface area contributed by atoms with E-state index >= 15 is 0 Å². The minimum Gasteiger partial charge on any atom is -0.423 e. The highest BCUT2D eigenvalue weighted by Crippen LogP contribution is 2.01. The molecule has 0 bridgehead atoms. The maximum atomic E-state index is 5.42. The highest BCUT2D eigenvalue weighted by Gasteiger charge is 2.05. The molecule has 0 aliphatic rings. The average Bonchev–Trinajstić information content (AvgIpc) is 2.78. The first-order valence-electron chi connectivity index (χ1n) is 5.95. The molecule has 1 heterocycles. The summed E-state index contributed by atoms with van der Waals surface area (Å²) in [6.07, 6.45) is 1.88. The summed E-state index contributed by atoms with van der Waals surface area (Å²) in [7, 11) is 1.64. The molecule has 1 aromatic heterocycles. The lowest BCUT2D eigenvalue weighted by Gasteiger charge is -1.99. The van der Waals surface area contributed by atoms with Crippen molar-refractivity contribution in [3.63, 3.8) is 0 Å². The number of hydrogen-bond donors (Lipinski definition) is 1. The molecule has 0 fully saturated rings. The summed E-state index contributed by atoms with van der Waals surface area (Å²) < 4.78 is 15.6. The van der Waals surface area contributed by atoms with E-state index in [4.69, 9.17) is 13.9 Å². The van der Waals surface area contributed by atoms with E-state index in [0.29, 0.717) is 31.6 Å². The molecule has 0 unspecified atom stereocenters. The van der Waals surface area contributed by atoms with Crippen molar-refractivity contribution in [1.82, 2.24) is 15.5 Å². The zero-order valence-corrected chi connectivity index (χ0v) is 10.6. The molecule has 0 radical (unpaired) electrons. The predicted octanol–water partition coefficient (Wildman–Crippen LogP) is 0.775. The summed E-state index contributed by atoms with van der Waals surface area (Å²) >= 11 is 0. The molecule has 0 saturated carbocycles. The molecule has 6 nitrogen and oxygen atoms in total. The van der Waals surface area contributed by atoms with Crippen molar-refractivity contribution in [2.45, 2.75) is 26.4 Å². The van der Waals surface area contributed by atoms with Gasteiger partial charge in [-0.05, 0) is 13.0 Å². The zero-order valence-electron chi connectivity index (χ0n) is 10.6. The smallest absolute Gasteiger partial charge is 0.242 e. The summed E-state index contributed by atoms with van der Waals surface area (Å²) in [5.41, 5.74) is 0. The highest BCUT2D eigenvalue weighted by atomic mass is 16.5. The first-order chi connectivity index (χ1) is 8.36. The second-order valence-electron chi connectivity index (χ2n) is 3.63. The molecule has 1 N–H and O–H groups in total. The molecular weight excluding hydrogens is 222 g/mol. The number of ether oxygens (including phenoxy) is 2. The molecule has 1 aromatic rings. The van der Waals surface area contributed by atoms with Crippen molar-refractivity contribution in [3.05, 3.63) is 11.8 Å². The van der Waals surface area contributed by atoms with Gasteiger partial charge >= 0.3 is 0 Å². The van der Waals surface area contributed by atoms with Crippen LogP contribution in [0.25, 0.3) is 0 Å². The lowest BCUT2D eigenvalue weighted by Crippen LogP contribution is -2.17. The molecule has 0 aliphatic heterocycles. The Morgan fingerprint density at radius 1 is 1.18 bits per heavy atom. The van der Waals surface area contributed by atoms with Gasteiger partial charge < -0.3 is 19.2 Å². The van der Waals surface area contributed by atoms with Crippen LogP contribution in [0, 0.1) is 0 Å². The van der Waals surface area contributed by atoms with Gasteiger partial charge in [0.1, 0.15) is 6.61 Å². The monoisotopic (exact) mass is 243 g/mol. The van der Waals surface area contributed by atoms with Crippen molar-refractivity contribution in [3.8, 4) is 0 Å². The number of methoxy groups -OCH3 is 1. The van der Waals surface area contributed by atoms with Crippen molar-refractivity contribution in [1.29, 1.82) is 0 Å². The number of aromatic nitrogens is 2. The second kappa shape index (κ2) is 9.09. The Morgan fingerprint density at radius 3 is 2.76 bits per heavy atom. The van der Waals surface area contributed by atoms with E-state index in [1.807, 2.05) is 0 Å². The SMILES string of the molecule is CCCNCCc1nnc(COCCOC)o1. The van der Waals surface area contributed by atoms with Crippen LogP contribution in [0.15, 0.2) is 4.42 Å². The summed E-state index contributed by atoms with van der Waals surface area (Å²) in [4.78, 5) is 0. The van der Waals surface area contributed by atoms with Gasteiger partial charge in [0.15, 0.2) is 0 Å². The molecule has 1 rings (SSSR count). The average molecular weight is 243 g/mol. The van der Waals surface area contributed by atoms with Crippen LogP contribution in [0.2, 0.25) is 0 Å². The van der Waals surface area contributed by atoms with Gasteiger partial charge in [0.2, 0.25) is 11.8 Å².